The van der Waals surface area contributed by atoms with Crippen LogP contribution in [0.4, 0.5) is 0 Å². The number of rotatable bonds is 4. The average molecular weight is 302 g/mol. The molecule has 2 unspecified atom stereocenters. The quantitative estimate of drug-likeness (QED) is 0.929. The van der Waals surface area contributed by atoms with E-state index in [1.54, 1.807) is 6.20 Å². The number of carbonyl (C=O) groups is 2. The minimum absolute atomic E-state index is 0.00652. The Balaban J connectivity index is 2.01. The van der Waals surface area contributed by atoms with Crippen molar-refractivity contribution in [2.45, 2.75) is 53.0 Å². The first-order chi connectivity index (χ1) is 10.4. The van der Waals surface area contributed by atoms with Crippen LogP contribution in [0.1, 0.15) is 52.1 Å². The fraction of sp³-hybridized carbons (Fsp3) is 0.611. The molecule has 0 radical (unpaired) electrons. The van der Waals surface area contributed by atoms with Gasteiger partial charge < -0.3 is 5.32 Å². The van der Waals surface area contributed by atoms with E-state index in [2.05, 4.69) is 10.3 Å². The summed E-state index contributed by atoms with van der Waals surface area (Å²) in [5.41, 5.74) is 0.451. The van der Waals surface area contributed by atoms with Crippen LogP contribution in [-0.4, -0.2) is 16.7 Å². The van der Waals surface area contributed by atoms with Crippen LogP contribution in [0.25, 0.3) is 0 Å². The van der Waals surface area contributed by atoms with E-state index >= 15 is 0 Å². The summed E-state index contributed by atoms with van der Waals surface area (Å²) in [6.45, 7) is 6.24. The van der Waals surface area contributed by atoms with Gasteiger partial charge in [0.2, 0.25) is 5.91 Å². The van der Waals surface area contributed by atoms with E-state index in [1.807, 2.05) is 39.0 Å². The van der Waals surface area contributed by atoms with Gasteiger partial charge in [0.25, 0.3) is 0 Å². The van der Waals surface area contributed by atoms with E-state index in [1.165, 1.54) is 0 Å². The third-order valence-corrected chi connectivity index (χ3v) is 4.35. The molecular weight excluding hydrogens is 276 g/mol. The zero-order valence-corrected chi connectivity index (χ0v) is 13.8. The number of pyridine rings is 1. The van der Waals surface area contributed by atoms with Crippen LogP contribution in [0.3, 0.4) is 0 Å². The molecule has 0 saturated heterocycles. The summed E-state index contributed by atoms with van der Waals surface area (Å²) in [6.07, 6.45) is 5.42. The van der Waals surface area contributed by atoms with Crippen molar-refractivity contribution in [1.82, 2.24) is 10.3 Å². The zero-order chi connectivity index (χ0) is 16.2. The Hall–Kier alpha value is -1.71. The van der Waals surface area contributed by atoms with E-state index in [0.29, 0.717) is 6.54 Å². The normalized spacial score (nSPS) is 22.1. The third kappa shape index (κ3) is 4.15. The van der Waals surface area contributed by atoms with Gasteiger partial charge in [0, 0.05) is 23.4 Å². The molecular formula is C18H26N2O2. The van der Waals surface area contributed by atoms with Gasteiger partial charge in [0.1, 0.15) is 5.78 Å². The van der Waals surface area contributed by atoms with E-state index in [9.17, 15) is 9.59 Å². The lowest BCUT2D eigenvalue weighted by molar-refractivity contribution is -0.139. The molecule has 1 aromatic rings. The Morgan fingerprint density at radius 1 is 1.18 bits per heavy atom. The van der Waals surface area contributed by atoms with Crippen LogP contribution in [-0.2, 0) is 16.1 Å². The molecule has 0 aromatic carbocycles. The molecule has 1 amide bonds. The summed E-state index contributed by atoms with van der Waals surface area (Å²) in [5, 5.41) is 2.95. The van der Waals surface area contributed by atoms with Crippen molar-refractivity contribution in [1.29, 1.82) is 0 Å². The van der Waals surface area contributed by atoms with Gasteiger partial charge in [0.05, 0.1) is 12.2 Å². The molecule has 0 spiro atoms. The molecule has 4 nitrogen and oxygen atoms in total. The standard InChI is InChI=1S/C18H26N2O2/c1-18(2,3)16(21)14-9-4-5-10-15(14)17(22)20-12-13-8-6-7-11-19-13/h6-8,11,14-15H,4-5,9-10,12H2,1-3H3,(H,20,22). The first-order valence-corrected chi connectivity index (χ1v) is 8.11. The molecule has 1 saturated carbocycles. The highest BCUT2D eigenvalue weighted by atomic mass is 16.2. The summed E-state index contributed by atoms with van der Waals surface area (Å²) < 4.78 is 0. The molecule has 1 aromatic heterocycles. The lowest BCUT2D eigenvalue weighted by Crippen LogP contribution is -2.42. The molecule has 1 aliphatic carbocycles. The van der Waals surface area contributed by atoms with Crippen molar-refractivity contribution in [2.24, 2.45) is 17.3 Å². The number of nitrogens with zero attached hydrogens (tertiary/aromatic N) is 1. The topological polar surface area (TPSA) is 59.1 Å². The number of carbonyl (C=O) groups excluding carboxylic acids is 2. The summed E-state index contributed by atoms with van der Waals surface area (Å²) >= 11 is 0. The largest absolute Gasteiger partial charge is 0.350 e. The highest BCUT2D eigenvalue weighted by molar-refractivity contribution is 5.91. The van der Waals surface area contributed by atoms with Gasteiger partial charge in [-0.1, -0.05) is 39.7 Å². The van der Waals surface area contributed by atoms with E-state index < -0.39 is 0 Å². The van der Waals surface area contributed by atoms with Gasteiger partial charge in [-0.15, -0.1) is 0 Å². The minimum Gasteiger partial charge on any atom is -0.350 e. The van der Waals surface area contributed by atoms with Crippen LogP contribution in [0, 0.1) is 17.3 Å². The molecule has 0 aliphatic heterocycles. The molecule has 2 rings (SSSR count). The Kier molecular flexibility index (Phi) is 5.33. The zero-order valence-electron chi connectivity index (χ0n) is 13.8. The van der Waals surface area contributed by atoms with Gasteiger partial charge in [-0.3, -0.25) is 14.6 Å². The number of amides is 1. The molecule has 1 fully saturated rings. The van der Waals surface area contributed by atoms with E-state index in [0.717, 1.165) is 31.4 Å². The van der Waals surface area contributed by atoms with Crippen molar-refractivity contribution in [3.8, 4) is 0 Å². The van der Waals surface area contributed by atoms with Crippen molar-refractivity contribution in [2.75, 3.05) is 0 Å². The number of Topliss-reactive ketones (excluding diaryl/α,β-unsaturated/α-hetero) is 1. The average Bonchev–Trinajstić information content (AvgIpc) is 2.52. The van der Waals surface area contributed by atoms with Crippen LogP contribution < -0.4 is 5.32 Å². The van der Waals surface area contributed by atoms with Crippen molar-refractivity contribution in [3.63, 3.8) is 0 Å². The number of nitrogens with one attached hydrogen (secondary N) is 1. The fourth-order valence-electron chi connectivity index (χ4n) is 3.13. The van der Waals surface area contributed by atoms with Gasteiger partial charge in [-0.25, -0.2) is 0 Å². The van der Waals surface area contributed by atoms with Gasteiger partial charge in [0.15, 0.2) is 0 Å². The smallest absolute Gasteiger partial charge is 0.224 e. The van der Waals surface area contributed by atoms with Crippen molar-refractivity contribution in [3.05, 3.63) is 30.1 Å². The first kappa shape index (κ1) is 16.7. The lowest BCUT2D eigenvalue weighted by atomic mass is 9.70. The maximum atomic E-state index is 12.6. The second-order valence-corrected chi connectivity index (χ2v) is 7.15. The number of aromatic nitrogens is 1. The summed E-state index contributed by atoms with van der Waals surface area (Å²) in [5.74, 6) is -0.125. The van der Waals surface area contributed by atoms with E-state index in [-0.39, 0.29) is 28.9 Å². The summed E-state index contributed by atoms with van der Waals surface area (Å²) in [4.78, 5) is 29.3. The number of hydrogen-bond donors (Lipinski definition) is 1. The molecule has 1 N–H and O–H groups in total. The highest BCUT2D eigenvalue weighted by Gasteiger charge is 2.39. The number of hydrogen-bond acceptors (Lipinski definition) is 3. The molecule has 1 heterocycles. The predicted octanol–water partition coefficient (Wildman–Crippen LogP) is 3.12. The Morgan fingerprint density at radius 2 is 1.86 bits per heavy atom. The fourth-order valence-corrected chi connectivity index (χ4v) is 3.13. The molecule has 0 bridgehead atoms. The number of ketones is 1. The highest BCUT2D eigenvalue weighted by Crippen LogP contribution is 2.35. The van der Waals surface area contributed by atoms with Crippen molar-refractivity contribution >= 4 is 11.7 Å². The van der Waals surface area contributed by atoms with Crippen LogP contribution in [0.5, 0.6) is 0 Å². The van der Waals surface area contributed by atoms with Gasteiger partial charge in [-0.2, -0.15) is 0 Å². The van der Waals surface area contributed by atoms with Crippen LogP contribution >= 0.6 is 0 Å². The predicted molar refractivity (Wildman–Crippen MR) is 86.0 cm³/mol. The Morgan fingerprint density at radius 3 is 2.45 bits per heavy atom. The third-order valence-electron chi connectivity index (χ3n) is 4.35. The van der Waals surface area contributed by atoms with Gasteiger partial charge in [-0.05, 0) is 25.0 Å². The molecule has 2 atom stereocenters. The van der Waals surface area contributed by atoms with E-state index in [4.69, 9.17) is 0 Å². The molecule has 1 aliphatic rings. The summed E-state index contributed by atoms with van der Waals surface area (Å²) in [7, 11) is 0. The van der Waals surface area contributed by atoms with Gasteiger partial charge >= 0.3 is 0 Å². The maximum absolute atomic E-state index is 12.6. The first-order valence-electron chi connectivity index (χ1n) is 8.11. The van der Waals surface area contributed by atoms with Crippen molar-refractivity contribution < 1.29 is 9.59 Å². The Labute approximate surface area is 132 Å². The second-order valence-electron chi connectivity index (χ2n) is 7.15. The Bertz CT molecular complexity index is 520. The maximum Gasteiger partial charge on any atom is 0.224 e. The molecule has 4 heteroatoms. The van der Waals surface area contributed by atoms with Crippen LogP contribution in [0.15, 0.2) is 24.4 Å². The second kappa shape index (κ2) is 7.03. The molecule has 22 heavy (non-hydrogen) atoms. The monoisotopic (exact) mass is 302 g/mol. The molecule has 120 valence electrons. The SMILES string of the molecule is CC(C)(C)C(=O)C1CCCCC1C(=O)NCc1ccccn1. The summed E-state index contributed by atoms with van der Waals surface area (Å²) in [6, 6.07) is 5.64. The minimum atomic E-state index is -0.387. The lowest BCUT2D eigenvalue weighted by Gasteiger charge is -2.33. The van der Waals surface area contributed by atoms with Crippen LogP contribution in [0.2, 0.25) is 0 Å².